The molecule has 0 fully saturated rings. The number of anilines is 3. The van der Waals surface area contributed by atoms with Gasteiger partial charge in [-0.3, -0.25) is 0 Å². The highest BCUT2D eigenvalue weighted by molar-refractivity contribution is 9.10. The van der Waals surface area contributed by atoms with Crippen LogP contribution in [0.25, 0.3) is 0 Å². The van der Waals surface area contributed by atoms with Crippen LogP contribution in [-0.4, -0.2) is 16.5 Å². The first kappa shape index (κ1) is 13.7. The molecule has 6 heteroatoms. The minimum atomic E-state index is -0.337. The fraction of sp³-hybridized carbons (Fsp3) is 0.231. The summed E-state index contributed by atoms with van der Waals surface area (Å²) in [5, 5.41) is 6.01. The van der Waals surface area contributed by atoms with E-state index >= 15 is 0 Å². The molecule has 2 aromatic rings. The number of nitrogens with one attached hydrogen (secondary N) is 2. The summed E-state index contributed by atoms with van der Waals surface area (Å²) >= 11 is 3.22. The number of halogens is 2. The molecule has 0 aliphatic heterocycles. The maximum atomic E-state index is 13.7. The number of aromatic nitrogens is 2. The van der Waals surface area contributed by atoms with Crippen molar-refractivity contribution in [3.63, 3.8) is 0 Å². The predicted molar refractivity (Wildman–Crippen MR) is 78.2 cm³/mol. The Morgan fingerprint density at radius 1 is 1.32 bits per heavy atom. The molecular formula is C13H14BrFN4. The number of benzene rings is 1. The quantitative estimate of drug-likeness (QED) is 0.874. The lowest BCUT2D eigenvalue weighted by molar-refractivity contribution is 0.631. The van der Waals surface area contributed by atoms with Gasteiger partial charge in [0, 0.05) is 17.2 Å². The second-order valence-corrected chi connectivity index (χ2v) is 4.86. The first-order valence-corrected chi connectivity index (χ1v) is 6.77. The molecule has 0 saturated heterocycles. The average Bonchev–Trinajstić information content (AvgIpc) is 2.40. The smallest absolute Gasteiger partial charge is 0.224 e. The van der Waals surface area contributed by atoms with Crippen LogP contribution in [0.3, 0.4) is 0 Å². The summed E-state index contributed by atoms with van der Waals surface area (Å²) in [4.78, 5) is 8.35. The highest BCUT2D eigenvalue weighted by Crippen LogP contribution is 2.22. The molecule has 0 spiro atoms. The average molecular weight is 325 g/mol. The lowest BCUT2D eigenvalue weighted by Crippen LogP contribution is -2.05. The Bertz CT molecular complexity index is 562. The minimum Gasteiger partial charge on any atom is -0.354 e. The van der Waals surface area contributed by atoms with E-state index in [4.69, 9.17) is 0 Å². The normalized spacial score (nSPS) is 10.3. The van der Waals surface area contributed by atoms with Crippen LogP contribution >= 0.6 is 15.9 Å². The molecule has 0 aliphatic carbocycles. The van der Waals surface area contributed by atoms with Crippen molar-refractivity contribution in [3.05, 3.63) is 40.8 Å². The summed E-state index contributed by atoms with van der Waals surface area (Å²) < 4.78 is 14.4. The summed E-state index contributed by atoms with van der Waals surface area (Å²) in [5.74, 6) is 0.746. The molecule has 0 saturated carbocycles. The highest BCUT2D eigenvalue weighted by Gasteiger charge is 2.04. The number of rotatable bonds is 5. The second-order valence-electron chi connectivity index (χ2n) is 3.94. The van der Waals surface area contributed by atoms with Crippen LogP contribution in [0, 0.1) is 5.82 Å². The molecule has 100 valence electrons. The van der Waals surface area contributed by atoms with Crippen LogP contribution in [-0.2, 0) is 0 Å². The topological polar surface area (TPSA) is 49.8 Å². The van der Waals surface area contributed by atoms with Gasteiger partial charge in [0.05, 0.1) is 5.69 Å². The first-order valence-electron chi connectivity index (χ1n) is 5.98. The van der Waals surface area contributed by atoms with Gasteiger partial charge in [-0.25, -0.2) is 9.37 Å². The van der Waals surface area contributed by atoms with E-state index in [2.05, 4.69) is 43.5 Å². The molecule has 2 N–H and O–H groups in total. The molecule has 0 unspecified atom stereocenters. The van der Waals surface area contributed by atoms with Crippen molar-refractivity contribution in [1.82, 2.24) is 9.97 Å². The van der Waals surface area contributed by atoms with E-state index in [1.54, 1.807) is 24.4 Å². The molecule has 1 aromatic carbocycles. The van der Waals surface area contributed by atoms with Crippen molar-refractivity contribution in [3.8, 4) is 0 Å². The Hall–Kier alpha value is -1.69. The van der Waals surface area contributed by atoms with E-state index in [9.17, 15) is 4.39 Å². The van der Waals surface area contributed by atoms with E-state index in [-0.39, 0.29) is 5.82 Å². The van der Waals surface area contributed by atoms with Crippen molar-refractivity contribution in [1.29, 1.82) is 0 Å². The fourth-order valence-corrected chi connectivity index (χ4v) is 1.81. The lowest BCUT2D eigenvalue weighted by atomic mass is 10.3. The zero-order valence-corrected chi connectivity index (χ0v) is 12.0. The van der Waals surface area contributed by atoms with Gasteiger partial charge in [0.25, 0.3) is 0 Å². The third kappa shape index (κ3) is 3.89. The third-order valence-corrected chi connectivity index (χ3v) is 2.88. The molecule has 0 bridgehead atoms. The molecule has 1 aromatic heterocycles. The standard InChI is InChI=1S/C13H14BrFN4/c1-2-6-16-13-17-7-5-12(19-13)18-11-4-3-9(14)8-10(11)15/h3-5,7-8H,2,6H2,1H3,(H2,16,17,18,19). The van der Waals surface area contributed by atoms with Crippen molar-refractivity contribution in [2.75, 3.05) is 17.2 Å². The molecule has 0 amide bonds. The van der Waals surface area contributed by atoms with Crippen LogP contribution in [0.15, 0.2) is 34.9 Å². The summed E-state index contributed by atoms with van der Waals surface area (Å²) in [6.07, 6.45) is 2.62. The zero-order valence-electron chi connectivity index (χ0n) is 10.5. The first-order chi connectivity index (χ1) is 9.19. The van der Waals surface area contributed by atoms with E-state index in [0.717, 1.165) is 13.0 Å². The van der Waals surface area contributed by atoms with Gasteiger partial charge < -0.3 is 10.6 Å². The molecule has 0 radical (unpaired) electrons. The summed E-state index contributed by atoms with van der Waals surface area (Å²) in [6.45, 7) is 2.86. The van der Waals surface area contributed by atoms with Gasteiger partial charge in [-0.15, -0.1) is 0 Å². The molecule has 0 atom stereocenters. The van der Waals surface area contributed by atoms with Crippen LogP contribution in [0.5, 0.6) is 0 Å². The summed E-state index contributed by atoms with van der Waals surface area (Å²) in [5.41, 5.74) is 0.378. The Morgan fingerprint density at radius 3 is 2.89 bits per heavy atom. The van der Waals surface area contributed by atoms with Gasteiger partial charge in [-0.2, -0.15) is 4.98 Å². The zero-order chi connectivity index (χ0) is 13.7. The van der Waals surface area contributed by atoms with Crippen molar-refractivity contribution in [2.24, 2.45) is 0 Å². The number of hydrogen-bond donors (Lipinski definition) is 2. The van der Waals surface area contributed by atoms with E-state index in [1.165, 1.54) is 6.07 Å². The third-order valence-electron chi connectivity index (χ3n) is 2.38. The van der Waals surface area contributed by atoms with Crippen LogP contribution < -0.4 is 10.6 Å². The van der Waals surface area contributed by atoms with E-state index < -0.39 is 0 Å². The van der Waals surface area contributed by atoms with Gasteiger partial charge in [0.1, 0.15) is 11.6 Å². The van der Waals surface area contributed by atoms with Crippen LogP contribution in [0.1, 0.15) is 13.3 Å². The van der Waals surface area contributed by atoms with Gasteiger partial charge >= 0.3 is 0 Å². The Labute approximate surface area is 119 Å². The fourth-order valence-electron chi connectivity index (χ4n) is 1.48. The van der Waals surface area contributed by atoms with E-state index in [1.807, 2.05) is 0 Å². The maximum Gasteiger partial charge on any atom is 0.224 e. The van der Waals surface area contributed by atoms with Gasteiger partial charge in [0.2, 0.25) is 5.95 Å². The highest BCUT2D eigenvalue weighted by atomic mass is 79.9. The Kier molecular flexibility index (Phi) is 4.68. The monoisotopic (exact) mass is 324 g/mol. The SMILES string of the molecule is CCCNc1nccc(Nc2ccc(Br)cc2F)n1. The van der Waals surface area contributed by atoms with Gasteiger partial charge in [-0.05, 0) is 30.7 Å². The molecule has 4 nitrogen and oxygen atoms in total. The minimum absolute atomic E-state index is 0.337. The summed E-state index contributed by atoms with van der Waals surface area (Å²) in [7, 11) is 0. The second kappa shape index (κ2) is 6.47. The van der Waals surface area contributed by atoms with Gasteiger partial charge in [0.15, 0.2) is 0 Å². The van der Waals surface area contributed by atoms with Crippen molar-refractivity contribution < 1.29 is 4.39 Å². The largest absolute Gasteiger partial charge is 0.354 e. The molecule has 19 heavy (non-hydrogen) atoms. The molecule has 2 rings (SSSR count). The van der Waals surface area contributed by atoms with Crippen molar-refractivity contribution >= 4 is 33.4 Å². The number of hydrogen-bond acceptors (Lipinski definition) is 4. The van der Waals surface area contributed by atoms with Crippen LogP contribution in [0.2, 0.25) is 0 Å². The predicted octanol–water partition coefficient (Wildman–Crippen LogP) is 3.94. The van der Waals surface area contributed by atoms with E-state index in [0.29, 0.717) is 21.9 Å². The lowest BCUT2D eigenvalue weighted by Gasteiger charge is -2.08. The Balaban J connectivity index is 2.14. The molecule has 1 heterocycles. The maximum absolute atomic E-state index is 13.7. The van der Waals surface area contributed by atoms with Gasteiger partial charge in [-0.1, -0.05) is 22.9 Å². The van der Waals surface area contributed by atoms with Crippen LogP contribution in [0.4, 0.5) is 21.8 Å². The molecule has 0 aliphatic rings. The molecular weight excluding hydrogens is 311 g/mol. The number of nitrogens with zero attached hydrogens (tertiary/aromatic N) is 2. The Morgan fingerprint density at radius 2 is 2.16 bits per heavy atom. The summed E-state index contributed by atoms with van der Waals surface area (Å²) in [6, 6.07) is 6.52. The van der Waals surface area contributed by atoms with Crippen molar-refractivity contribution in [2.45, 2.75) is 13.3 Å².